The van der Waals surface area contributed by atoms with Gasteiger partial charge in [-0.25, -0.2) is 0 Å². The van der Waals surface area contributed by atoms with Gasteiger partial charge in [-0.05, 0) is 0 Å². The Kier molecular flexibility index (Phi) is 4.31. The highest BCUT2D eigenvalue weighted by atomic mass is 32.3. The van der Waals surface area contributed by atoms with Gasteiger partial charge in [-0.3, -0.25) is 0 Å². The predicted octanol–water partition coefficient (Wildman–Crippen LogP) is 4.90. The molecule has 0 atom stereocenters. The van der Waals surface area contributed by atoms with Crippen LogP contribution in [0.1, 0.15) is 0 Å². The lowest BCUT2D eigenvalue weighted by atomic mass is 11.0. The van der Waals surface area contributed by atoms with Gasteiger partial charge in [0, 0.05) is 11.5 Å². The lowest BCUT2D eigenvalue weighted by molar-refractivity contribution is 1.56. The predicted molar refractivity (Wildman–Crippen MR) is 91.1 cm³/mol. The second-order valence-corrected chi connectivity index (χ2v) is 11.5. The van der Waals surface area contributed by atoms with Gasteiger partial charge in [-0.15, -0.1) is 55.5 Å². The van der Waals surface area contributed by atoms with Crippen LogP contribution in [0.15, 0.2) is 25.4 Å². The normalized spacial score (nSPS) is 25.8. The first kappa shape index (κ1) is 12.8. The van der Waals surface area contributed by atoms with Crippen molar-refractivity contribution in [2.75, 3.05) is 11.5 Å². The third-order valence-electron chi connectivity index (χ3n) is 1.79. The summed E-state index contributed by atoms with van der Waals surface area (Å²) in [4.78, 5) is 0. The minimum absolute atomic E-state index is 0.869. The number of rotatable bonds is 0. The molecule has 3 aliphatic rings. The van der Waals surface area contributed by atoms with E-state index in [-0.39, 0.29) is 0 Å². The summed E-state index contributed by atoms with van der Waals surface area (Å²) in [7, 11) is 0. The van der Waals surface area contributed by atoms with E-state index in [1.54, 1.807) is 23.5 Å². The summed E-state index contributed by atoms with van der Waals surface area (Å²) >= 11 is 21.5. The van der Waals surface area contributed by atoms with Crippen molar-refractivity contribution >= 4 is 95.8 Å². The van der Waals surface area contributed by atoms with Gasteiger partial charge in [0.15, 0.2) is 0 Å². The van der Waals surface area contributed by atoms with Gasteiger partial charge in [0.1, 0.15) is 0 Å². The van der Waals surface area contributed by atoms with Crippen molar-refractivity contribution in [1.82, 2.24) is 0 Å². The zero-order chi connectivity index (χ0) is 11.1. The number of hydrogen-bond acceptors (Lipinski definition) is 8. The maximum Gasteiger partial charge on any atom is 0.0716 e. The highest BCUT2D eigenvalue weighted by Crippen LogP contribution is 2.64. The standard InChI is InChI=1S/C8H6S8/c9-3-4(10)14-7(13-3)8-15-5-6(16-8)12-2-1-11-5/h9-10H,1-2H2/p-2. The Hall–Kier alpha value is 1.76. The van der Waals surface area contributed by atoms with Crippen LogP contribution >= 0.6 is 70.6 Å². The van der Waals surface area contributed by atoms with E-state index in [1.165, 1.54) is 28.5 Å². The van der Waals surface area contributed by atoms with Gasteiger partial charge >= 0.3 is 0 Å². The Morgan fingerprint density at radius 3 is 1.56 bits per heavy atom. The molecule has 0 nitrogen and oxygen atoms in total. The van der Waals surface area contributed by atoms with E-state index < -0.39 is 0 Å². The van der Waals surface area contributed by atoms with Gasteiger partial charge in [-0.1, -0.05) is 23.5 Å². The molecule has 0 aliphatic carbocycles. The molecule has 16 heavy (non-hydrogen) atoms. The average Bonchev–Trinajstić information content (AvgIpc) is 2.83. The monoisotopic (exact) mass is 356 g/mol. The Labute approximate surface area is 131 Å². The molecule has 0 aromatic heterocycles. The Morgan fingerprint density at radius 2 is 1.06 bits per heavy atom. The molecule has 0 unspecified atom stereocenters. The molecular formula is C8H4S8-2. The second kappa shape index (κ2) is 5.40. The smallest absolute Gasteiger partial charge is 0.0716 e. The van der Waals surface area contributed by atoms with Crippen molar-refractivity contribution in [2.24, 2.45) is 0 Å². The maximum absolute atomic E-state index is 5.21. The van der Waals surface area contributed by atoms with Crippen LogP contribution in [0.4, 0.5) is 0 Å². The Morgan fingerprint density at radius 1 is 0.625 bits per heavy atom. The van der Waals surface area contributed by atoms with Crippen molar-refractivity contribution in [3.05, 3.63) is 25.4 Å². The van der Waals surface area contributed by atoms with Gasteiger partial charge in [0.05, 0.1) is 16.9 Å². The first-order valence-corrected chi connectivity index (χ1v) is 10.3. The topological polar surface area (TPSA) is 0 Å². The van der Waals surface area contributed by atoms with Crippen molar-refractivity contribution in [3.8, 4) is 0 Å². The third kappa shape index (κ3) is 2.54. The van der Waals surface area contributed by atoms with Gasteiger partial charge in [-0.2, -0.15) is 0 Å². The van der Waals surface area contributed by atoms with Crippen LogP contribution in [-0.4, -0.2) is 11.5 Å². The fraction of sp³-hybridized carbons (Fsp3) is 0.250. The molecule has 86 valence electrons. The number of hydrogen-bond donors (Lipinski definition) is 0. The molecule has 0 aromatic rings. The molecule has 0 fully saturated rings. The summed E-state index contributed by atoms with van der Waals surface area (Å²) in [5, 5.41) is 0. The van der Waals surface area contributed by atoms with E-state index in [2.05, 4.69) is 0 Å². The molecule has 0 radical (unpaired) electrons. The highest BCUT2D eigenvalue weighted by Gasteiger charge is 2.28. The number of thioether (sulfide) groups is 6. The van der Waals surface area contributed by atoms with Crippen LogP contribution in [0.3, 0.4) is 0 Å². The first-order chi connectivity index (χ1) is 7.74. The van der Waals surface area contributed by atoms with Crippen LogP contribution in [0.25, 0.3) is 0 Å². The summed E-state index contributed by atoms with van der Waals surface area (Å²) in [6.45, 7) is 0. The summed E-state index contributed by atoms with van der Waals surface area (Å²) < 4.78 is 7.37. The minimum atomic E-state index is 0.869. The average molecular weight is 357 g/mol. The van der Waals surface area contributed by atoms with E-state index in [0.29, 0.717) is 0 Å². The summed E-state index contributed by atoms with van der Waals surface area (Å²) in [6.07, 6.45) is 0. The molecule has 3 rings (SSSR count). The lowest BCUT2D eigenvalue weighted by Gasteiger charge is -2.11. The van der Waals surface area contributed by atoms with E-state index >= 15 is 0 Å². The van der Waals surface area contributed by atoms with Crippen LogP contribution in [0.2, 0.25) is 0 Å². The lowest BCUT2D eigenvalue weighted by Crippen LogP contribution is -1.88. The second-order valence-electron chi connectivity index (χ2n) is 2.83. The largest absolute Gasteiger partial charge is 0.774 e. The van der Waals surface area contributed by atoms with Gasteiger partial charge in [0.25, 0.3) is 0 Å². The molecule has 8 heteroatoms. The van der Waals surface area contributed by atoms with Crippen LogP contribution in [0, 0.1) is 0 Å². The Bertz CT molecular complexity index is 395. The summed E-state index contributed by atoms with van der Waals surface area (Å²) in [5.41, 5.74) is 0. The molecule has 0 saturated heterocycles. The zero-order valence-corrected chi connectivity index (χ0v) is 14.2. The summed E-state index contributed by atoms with van der Waals surface area (Å²) in [5.74, 6) is 2.47. The SMILES string of the molecule is [S-]C1=C([S-])SC(=C2SC3=C(SCCS3)S2)S1. The van der Waals surface area contributed by atoms with E-state index in [0.717, 1.165) is 8.47 Å². The fourth-order valence-corrected chi connectivity index (χ4v) is 10.4. The molecule has 0 aromatic carbocycles. The molecule has 3 heterocycles. The fourth-order valence-electron chi connectivity index (χ4n) is 1.16. The van der Waals surface area contributed by atoms with Crippen molar-refractivity contribution in [3.63, 3.8) is 0 Å². The highest BCUT2D eigenvalue weighted by molar-refractivity contribution is 8.43. The van der Waals surface area contributed by atoms with Gasteiger partial charge in [0.2, 0.25) is 0 Å². The molecular weight excluding hydrogens is 353 g/mol. The van der Waals surface area contributed by atoms with E-state index in [4.69, 9.17) is 25.3 Å². The molecule has 0 amide bonds. The molecule has 0 saturated carbocycles. The van der Waals surface area contributed by atoms with Crippen molar-refractivity contribution in [2.45, 2.75) is 0 Å². The van der Waals surface area contributed by atoms with Gasteiger partial charge < -0.3 is 25.3 Å². The third-order valence-corrected chi connectivity index (χ3v) is 11.6. The molecule has 0 N–H and O–H groups in total. The van der Waals surface area contributed by atoms with Crippen LogP contribution in [-0.2, 0) is 25.3 Å². The zero-order valence-electron chi connectivity index (χ0n) is 7.68. The van der Waals surface area contributed by atoms with Crippen molar-refractivity contribution < 1.29 is 0 Å². The van der Waals surface area contributed by atoms with Crippen molar-refractivity contribution in [1.29, 1.82) is 0 Å². The van der Waals surface area contributed by atoms with E-state index in [1.807, 2.05) is 47.0 Å². The molecule has 0 bridgehead atoms. The molecule has 0 spiro atoms. The van der Waals surface area contributed by atoms with Crippen LogP contribution in [0.5, 0.6) is 0 Å². The van der Waals surface area contributed by atoms with Crippen LogP contribution < -0.4 is 0 Å². The molecule has 3 aliphatic heterocycles. The summed E-state index contributed by atoms with van der Waals surface area (Å²) in [6, 6.07) is 0. The first-order valence-electron chi connectivity index (χ1n) is 4.28. The van der Waals surface area contributed by atoms with E-state index in [9.17, 15) is 0 Å². The Balaban J connectivity index is 1.79. The maximum atomic E-state index is 5.21. The minimum Gasteiger partial charge on any atom is -0.774 e. The quantitative estimate of drug-likeness (QED) is 0.555.